The highest BCUT2D eigenvalue weighted by Crippen LogP contribution is 2.59. The van der Waals surface area contributed by atoms with Gasteiger partial charge in [0.05, 0.1) is 13.7 Å². The summed E-state index contributed by atoms with van der Waals surface area (Å²) in [6.07, 6.45) is 1.16. The molecule has 0 unspecified atom stereocenters. The number of amides is 1. The minimum absolute atomic E-state index is 0.168. The molecule has 3 aromatic carbocycles. The minimum Gasteiger partial charge on any atom is -0.497 e. The highest BCUT2D eigenvalue weighted by Gasteiger charge is 2.65. The van der Waals surface area contributed by atoms with E-state index in [4.69, 9.17) is 4.74 Å². The number of benzene rings is 3. The third-order valence-electron chi connectivity index (χ3n) is 7.74. The number of hydrogen-bond donors (Lipinski definition) is 2. The Labute approximate surface area is 213 Å². The highest BCUT2D eigenvalue weighted by atomic mass is 16.6. The lowest BCUT2D eigenvalue weighted by atomic mass is 9.52. The predicted octanol–water partition coefficient (Wildman–Crippen LogP) is 3.63. The summed E-state index contributed by atoms with van der Waals surface area (Å²) in [6, 6.07) is 22.3. The molecule has 0 radical (unpaired) electrons. The summed E-state index contributed by atoms with van der Waals surface area (Å²) < 4.78 is 5.20. The smallest absolute Gasteiger partial charge is 0.272 e. The van der Waals surface area contributed by atoms with Crippen LogP contribution in [0.3, 0.4) is 0 Å². The Balaban J connectivity index is 1.28. The van der Waals surface area contributed by atoms with Crippen molar-refractivity contribution in [2.45, 2.75) is 36.8 Å². The van der Waals surface area contributed by atoms with Gasteiger partial charge in [-0.15, -0.1) is 0 Å². The standard InChI is InChI=1S/C28H25N5O4/c1-37-19-12-10-18(11-13-19)16-24-30-25(32-31-24)17-29-26(34)27-14-15-28(33(35)36,22-8-4-2-6-20(22)27)23-9-5-3-7-21(23)27/h2-13H,14-17H2,1H3,(H,29,34)(H,30,31,32). The maximum absolute atomic E-state index is 14.0. The summed E-state index contributed by atoms with van der Waals surface area (Å²) in [5.74, 6) is 1.75. The van der Waals surface area contributed by atoms with Crippen molar-refractivity contribution >= 4 is 5.91 Å². The van der Waals surface area contributed by atoms with Crippen LogP contribution in [0.2, 0.25) is 0 Å². The van der Waals surface area contributed by atoms with Gasteiger partial charge in [0.15, 0.2) is 5.82 Å². The first-order chi connectivity index (χ1) is 18.0. The number of carbonyl (C=O) groups excluding carboxylic acids is 1. The zero-order valence-corrected chi connectivity index (χ0v) is 20.2. The molecule has 0 atom stereocenters. The van der Waals surface area contributed by atoms with Crippen molar-refractivity contribution in [3.8, 4) is 5.75 Å². The van der Waals surface area contributed by atoms with E-state index in [2.05, 4.69) is 20.5 Å². The lowest BCUT2D eigenvalue weighted by molar-refractivity contribution is -0.570. The number of hydrogen-bond acceptors (Lipinski definition) is 6. The topological polar surface area (TPSA) is 123 Å². The van der Waals surface area contributed by atoms with E-state index in [1.165, 1.54) is 0 Å². The molecule has 1 amide bonds. The van der Waals surface area contributed by atoms with E-state index < -0.39 is 11.0 Å². The van der Waals surface area contributed by atoms with Crippen LogP contribution in [0.1, 0.15) is 52.3 Å². The molecule has 2 bridgehead atoms. The zero-order valence-electron chi connectivity index (χ0n) is 20.2. The molecular weight excluding hydrogens is 470 g/mol. The molecule has 0 fully saturated rings. The monoisotopic (exact) mass is 495 g/mol. The number of nitrogens with zero attached hydrogens (tertiary/aromatic N) is 3. The summed E-state index contributed by atoms with van der Waals surface area (Å²) >= 11 is 0. The van der Waals surface area contributed by atoms with E-state index in [9.17, 15) is 14.9 Å². The zero-order chi connectivity index (χ0) is 25.6. The SMILES string of the molecule is COc1ccc(Cc2n[nH]c(CNC(=O)C34CCC([N+](=O)[O-])(c5ccccc53)c3ccccc34)n2)cc1. The molecule has 2 N–H and O–H groups in total. The Kier molecular flexibility index (Phi) is 5.29. The molecule has 37 heavy (non-hydrogen) atoms. The quantitative estimate of drug-likeness (QED) is 0.298. The molecule has 0 spiro atoms. The van der Waals surface area contributed by atoms with E-state index in [0.29, 0.717) is 46.7 Å². The van der Waals surface area contributed by atoms with Crippen LogP contribution in [0, 0.1) is 10.1 Å². The van der Waals surface area contributed by atoms with Crippen LogP contribution in [0.5, 0.6) is 5.75 Å². The van der Waals surface area contributed by atoms with Gasteiger partial charge >= 0.3 is 0 Å². The van der Waals surface area contributed by atoms with Crippen molar-refractivity contribution in [2.24, 2.45) is 0 Å². The Hall–Kier alpha value is -4.53. The van der Waals surface area contributed by atoms with E-state index in [1.54, 1.807) is 31.4 Å². The maximum Gasteiger partial charge on any atom is 0.272 e. The summed E-state index contributed by atoms with van der Waals surface area (Å²) in [7, 11) is 1.63. The fourth-order valence-electron chi connectivity index (χ4n) is 6.01. The third kappa shape index (κ3) is 3.34. The lowest BCUT2D eigenvalue weighted by Gasteiger charge is -2.49. The van der Waals surface area contributed by atoms with Crippen LogP contribution < -0.4 is 10.1 Å². The number of nitro groups is 1. The number of nitrogens with one attached hydrogen (secondary N) is 2. The van der Waals surface area contributed by atoms with E-state index in [1.807, 2.05) is 48.5 Å². The van der Waals surface area contributed by atoms with Crippen molar-refractivity contribution in [1.29, 1.82) is 0 Å². The Morgan fingerprint density at radius 2 is 1.62 bits per heavy atom. The summed E-state index contributed by atoms with van der Waals surface area (Å²) in [5, 5.41) is 22.7. The predicted molar refractivity (Wildman–Crippen MR) is 135 cm³/mol. The summed E-state index contributed by atoms with van der Waals surface area (Å²) in [6.45, 7) is 0.168. The van der Waals surface area contributed by atoms with Crippen molar-refractivity contribution in [1.82, 2.24) is 20.5 Å². The number of H-pyrrole nitrogens is 1. The van der Waals surface area contributed by atoms with Crippen molar-refractivity contribution in [3.63, 3.8) is 0 Å². The van der Waals surface area contributed by atoms with Crippen molar-refractivity contribution in [3.05, 3.63) is 122 Å². The summed E-state index contributed by atoms with van der Waals surface area (Å²) in [4.78, 5) is 30.8. The van der Waals surface area contributed by atoms with E-state index in [0.717, 1.165) is 11.3 Å². The molecule has 1 aromatic heterocycles. The average molecular weight is 496 g/mol. The number of methoxy groups -OCH3 is 1. The number of ether oxygens (including phenoxy) is 1. The van der Waals surface area contributed by atoms with Crippen LogP contribution in [0.15, 0.2) is 72.8 Å². The fraction of sp³-hybridized carbons (Fsp3) is 0.250. The molecular formula is C28H25N5O4. The Morgan fingerprint density at radius 3 is 2.22 bits per heavy atom. The van der Waals surface area contributed by atoms with Crippen molar-refractivity contribution < 1.29 is 14.5 Å². The molecule has 0 saturated carbocycles. The Bertz CT molecular complexity index is 1460. The second-order valence-electron chi connectivity index (χ2n) is 9.52. The molecule has 1 heterocycles. The van der Waals surface area contributed by atoms with Gasteiger partial charge in [-0.3, -0.25) is 20.0 Å². The van der Waals surface area contributed by atoms with Gasteiger partial charge in [-0.25, -0.2) is 4.98 Å². The van der Waals surface area contributed by atoms with Gasteiger partial charge in [0, 0.05) is 28.9 Å². The molecule has 9 heteroatoms. The van der Waals surface area contributed by atoms with Crippen LogP contribution >= 0.6 is 0 Å². The molecule has 0 saturated heterocycles. The van der Waals surface area contributed by atoms with Gasteiger partial charge in [-0.2, -0.15) is 5.10 Å². The number of aromatic amines is 1. The number of carbonyl (C=O) groups is 1. The van der Waals surface area contributed by atoms with Gasteiger partial charge in [0.1, 0.15) is 17.0 Å². The van der Waals surface area contributed by atoms with Crippen LogP contribution in [-0.4, -0.2) is 33.1 Å². The molecule has 9 nitrogen and oxygen atoms in total. The number of rotatable bonds is 7. The first-order valence-electron chi connectivity index (χ1n) is 12.1. The average Bonchev–Trinajstić information content (AvgIpc) is 3.39. The van der Waals surface area contributed by atoms with Crippen LogP contribution in [0.25, 0.3) is 0 Å². The fourth-order valence-corrected chi connectivity index (χ4v) is 6.01. The second-order valence-corrected chi connectivity index (χ2v) is 9.52. The summed E-state index contributed by atoms with van der Waals surface area (Å²) in [5.41, 5.74) is 1.30. The van der Waals surface area contributed by atoms with E-state index >= 15 is 0 Å². The van der Waals surface area contributed by atoms with Crippen LogP contribution in [0.4, 0.5) is 0 Å². The van der Waals surface area contributed by atoms with Crippen LogP contribution in [-0.2, 0) is 28.7 Å². The van der Waals surface area contributed by atoms with Gasteiger partial charge in [-0.1, -0.05) is 60.7 Å². The number of aromatic nitrogens is 3. The normalized spacial score (nSPS) is 21.1. The van der Waals surface area contributed by atoms with Crippen molar-refractivity contribution in [2.75, 3.05) is 7.11 Å². The molecule has 0 aliphatic heterocycles. The third-order valence-corrected chi connectivity index (χ3v) is 7.74. The van der Waals surface area contributed by atoms with Gasteiger partial charge < -0.3 is 10.1 Å². The first kappa shape index (κ1) is 22.9. The molecule has 186 valence electrons. The lowest BCUT2D eigenvalue weighted by Crippen LogP contribution is -2.58. The van der Waals surface area contributed by atoms with Gasteiger partial charge in [-0.05, 0) is 35.2 Å². The first-order valence-corrected chi connectivity index (χ1v) is 12.1. The van der Waals surface area contributed by atoms with Gasteiger partial charge in [0.2, 0.25) is 5.91 Å². The Morgan fingerprint density at radius 1 is 1.00 bits per heavy atom. The van der Waals surface area contributed by atoms with E-state index in [-0.39, 0.29) is 23.8 Å². The number of fused-ring (bicyclic) bond motifs is 1. The molecule has 7 rings (SSSR count). The minimum atomic E-state index is -1.34. The van der Waals surface area contributed by atoms with Gasteiger partial charge in [0.25, 0.3) is 5.54 Å². The maximum atomic E-state index is 14.0. The molecule has 4 aromatic rings. The second kappa shape index (κ2) is 8.55. The highest BCUT2D eigenvalue weighted by molar-refractivity contribution is 5.95. The molecule has 3 aliphatic carbocycles. The molecule has 3 aliphatic rings. The largest absolute Gasteiger partial charge is 0.497 e.